The van der Waals surface area contributed by atoms with Crippen molar-refractivity contribution in [2.45, 2.75) is 71.3 Å². The van der Waals surface area contributed by atoms with Crippen molar-refractivity contribution in [2.24, 2.45) is 5.92 Å². The molecule has 19 heavy (non-hydrogen) atoms. The largest absolute Gasteiger partial charge is 0.465 e. The smallest absolute Gasteiger partial charge is 0.306 e. The van der Waals surface area contributed by atoms with Crippen LogP contribution >= 0.6 is 0 Å². The number of ether oxygens (including phenoxy) is 2. The van der Waals surface area contributed by atoms with Gasteiger partial charge in [0.05, 0.1) is 12.7 Å². The van der Waals surface area contributed by atoms with Crippen molar-refractivity contribution >= 4 is 11.9 Å². The predicted molar refractivity (Wildman–Crippen MR) is 72.6 cm³/mol. The molecular weight excluding hydrogens is 244 g/mol. The van der Waals surface area contributed by atoms with Crippen LogP contribution in [0.2, 0.25) is 0 Å². The van der Waals surface area contributed by atoms with E-state index in [0.717, 1.165) is 0 Å². The summed E-state index contributed by atoms with van der Waals surface area (Å²) in [6, 6.07) is 0. The molecule has 0 spiro atoms. The van der Waals surface area contributed by atoms with Crippen molar-refractivity contribution in [3.05, 3.63) is 0 Å². The highest BCUT2D eigenvalue weighted by Gasteiger charge is 2.15. The number of hydrogen-bond acceptors (Lipinski definition) is 4. The molecule has 1 aliphatic rings. The van der Waals surface area contributed by atoms with E-state index in [0.29, 0.717) is 25.4 Å². The Kier molecular flexibility index (Phi) is 7.53. The molecule has 0 amide bonds. The van der Waals surface area contributed by atoms with Crippen molar-refractivity contribution in [3.8, 4) is 0 Å². The van der Waals surface area contributed by atoms with Crippen molar-refractivity contribution in [1.82, 2.24) is 0 Å². The molecule has 1 aliphatic carbocycles. The van der Waals surface area contributed by atoms with Crippen LogP contribution in [-0.4, -0.2) is 24.6 Å². The maximum Gasteiger partial charge on any atom is 0.306 e. The minimum Gasteiger partial charge on any atom is -0.465 e. The summed E-state index contributed by atoms with van der Waals surface area (Å²) in [6.45, 7) is 4.18. The maximum atomic E-state index is 11.5. The molecule has 0 atom stereocenters. The molecule has 0 bridgehead atoms. The molecule has 4 heteroatoms. The van der Waals surface area contributed by atoms with Gasteiger partial charge in [-0.05, 0) is 39.0 Å². The summed E-state index contributed by atoms with van der Waals surface area (Å²) in [5, 5.41) is 0. The number of rotatable bonds is 7. The van der Waals surface area contributed by atoms with E-state index in [9.17, 15) is 9.59 Å². The number of esters is 2. The number of carbonyl (C=O) groups excluding carboxylic acids is 2. The summed E-state index contributed by atoms with van der Waals surface area (Å²) in [7, 11) is 0. The first-order chi connectivity index (χ1) is 9.08. The molecule has 0 aromatic carbocycles. The van der Waals surface area contributed by atoms with Gasteiger partial charge < -0.3 is 9.47 Å². The topological polar surface area (TPSA) is 52.6 Å². The Morgan fingerprint density at radius 2 is 1.68 bits per heavy atom. The van der Waals surface area contributed by atoms with E-state index in [2.05, 4.69) is 0 Å². The third kappa shape index (κ3) is 7.85. The highest BCUT2D eigenvalue weighted by atomic mass is 16.5. The van der Waals surface area contributed by atoms with E-state index in [1.54, 1.807) is 0 Å². The molecule has 110 valence electrons. The molecule has 0 unspecified atom stereocenters. The van der Waals surface area contributed by atoms with Crippen molar-refractivity contribution in [2.75, 3.05) is 6.61 Å². The number of carbonyl (C=O) groups is 2. The lowest BCUT2D eigenvalue weighted by Gasteiger charge is -2.20. The minimum absolute atomic E-state index is 0.0919. The Morgan fingerprint density at radius 1 is 1.05 bits per heavy atom. The molecule has 4 nitrogen and oxygen atoms in total. The van der Waals surface area contributed by atoms with Crippen LogP contribution in [0.1, 0.15) is 65.2 Å². The summed E-state index contributed by atoms with van der Waals surface area (Å²) in [5.41, 5.74) is 0. The third-order valence-corrected chi connectivity index (χ3v) is 3.33. The average Bonchev–Trinajstić information content (AvgIpc) is 2.36. The Balaban J connectivity index is 2.02. The monoisotopic (exact) mass is 270 g/mol. The van der Waals surface area contributed by atoms with Gasteiger partial charge in [0.2, 0.25) is 0 Å². The normalized spacial score (nSPS) is 16.4. The highest BCUT2D eigenvalue weighted by molar-refractivity contribution is 5.72. The van der Waals surface area contributed by atoms with Crippen LogP contribution in [-0.2, 0) is 19.1 Å². The van der Waals surface area contributed by atoms with Crippen LogP contribution in [0.15, 0.2) is 0 Å². The van der Waals surface area contributed by atoms with Crippen LogP contribution in [0.5, 0.6) is 0 Å². The molecule has 1 rings (SSSR count). The van der Waals surface area contributed by atoms with Gasteiger partial charge in [-0.1, -0.05) is 19.3 Å². The Hall–Kier alpha value is -1.06. The lowest BCUT2D eigenvalue weighted by Crippen LogP contribution is -2.17. The van der Waals surface area contributed by atoms with Crippen LogP contribution < -0.4 is 0 Å². The summed E-state index contributed by atoms with van der Waals surface area (Å²) in [4.78, 5) is 22.8. The molecule has 0 heterocycles. The summed E-state index contributed by atoms with van der Waals surface area (Å²) < 4.78 is 10.2. The molecule has 0 aliphatic heterocycles. The first-order valence-electron chi connectivity index (χ1n) is 7.43. The Morgan fingerprint density at radius 3 is 2.32 bits per heavy atom. The zero-order valence-electron chi connectivity index (χ0n) is 12.2. The fourth-order valence-electron chi connectivity index (χ4n) is 2.34. The third-order valence-electron chi connectivity index (χ3n) is 3.33. The molecule has 0 radical (unpaired) electrons. The summed E-state index contributed by atoms with van der Waals surface area (Å²) in [5.74, 6) is 0.113. The Bertz CT molecular complexity index is 280. The lowest BCUT2D eigenvalue weighted by molar-refractivity contribution is -0.148. The van der Waals surface area contributed by atoms with Crippen LogP contribution in [0, 0.1) is 5.92 Å². The van der Waals surface area contributed by atoms with E-state index in [1.807, 2.05) is 13.8 Å². The molecular formula is C15H26O4. The number of hydrogen-bond donors (Lipinski definition) is 0. The van der Waals surface area contributed by atoms with Gasteiger partial charge in [0, 0.05) is 12.8 Å². The van der Waals surface area contributed by atoms with Crippen molar-refractivity contribution in [1.29, 1.82) is 0 Å². The first kappa shape index (κ1) is 16.0. The second-order valence-corrected chi connectivity index (χ2v) is 5.58. The zero-order chi connectivity index (χ0) is 14.1. The second kappa shape index (κ2) is 8.94. The second-order valence-electron chi connectivity index (χ2n) is 5.58. The SMILES string of the molecule is CC(C)OC(=O)CCCC(=O)OCC1CCCCC1. The van der Waals surface area contributed by atoms with Gasteiger partial charge in [0.15, 0.2) is 0 Å². The van der Waals surface area contributed by atoms with Gasteiger partial charge >= 0.3 is 11.9 Å². The van der Waals surface area contributed by atoms with Crippen LogP contribution in [0.4, 0.5) is 0 Å². The van der Waals surface area contributed by atoms with Gasteiger partial charge in [-0.2, -0.15) is 0 Å². The van der Waals surface area contributed by atoms with E-state index in [1.165, 1.54) is 32.1 Å². The first-order valence-corrected chi connectivity index (χ1v) is 7.43. The summed E-state index contributed by atoms with van der Waals surface area (Å²) in [6.07, 6.45) is 7.17. The van der Waals surface area contributed by atoms with Crippen LogP contribution in [0.3, 0.4) is 0 Å². The molecule has 0 aromatic rings. The van der Waals surface area contributed by atoms with Gasteiger partial charge in [-0.25, -0.2) is 0 Å². The highest BCUT2D eigenvalue weighted by Crippen LogP contribution is 2.23. The van der Waals surface area contributed by atoms with E-state index >= 15 is 0 Å². The predicted octanol–water partition coefficient (Wildman–Crippen LogP) is 3.23. The fraction of sp³-hybridized carbons (Fsp3) is 0.867. The van der Waals surface area contributed by atoms with Crippen molar-refractivity contribution < 1.29 is 19.1 Å². The molecule has 0 N–H and O–H groups in total. The van der Waals surface area contributed by atoms with Gasteiger partial charge in [0.25, 0.3) is 0 Å². The van der Waals surface area contributed by atoms with Crippen molar-refractivity contribution in [3.63, 3.8) is 0 Å². The molecule has 0 aromatic heterocycles. The van der Waals surface area contributed by atoms with E-state index < -0.39 is 0 Å². The molecule has 1 saturated carbocycles. The maximum absolute atomic E-state index is 11.5. The van der Waals surface area contributed by atoms with Crippen LogP contribution in [0.25, 0.3) is 0 Å². The standard InChI is InChI=1S/C15H26O4/c1-12(2)19-15(17)10-6-9-14(16)18-11-13-7-4-3-5-8-13/h12-13H,3-11H2,1-2H3. The van der Waals surface area contributed by atoms with E-state index in [-0.39, 0.29) is 24.5 Å². The lowest BCUT2D eigenvalue weighted by atomic mass is 9.90. The summed E-state index contributed by atoms with van der Waals surface area (Å²) >= 11 is 0. The van der Waals surface area contributed by atoms with Gasteiger partial charge in [-0.3, -0.25) is 9.59 Å². The van der Waals surface area contributed by atoms with Gasteiger partial charge in [-0.15, -0.1) is 0 Å². The Labute approximate surface area is 115 Å². The quantitative estimate of drug-likeness (QED) is 0.666. The zero-order valence-corrected chi connectivity index (χ0v) is 12.2. The molecule has 1 fully saturated rings. The fourth-order valence-corrected chi connectivity index (χ4v) is 2.34. The van der Waals surface area contributed by atoms with Gasteiger partial charge in [0.1, 0.15) is 0 Å². The average molecular weight is 270 g/mol. The van der Waals surface area contributed by atoms with E-state index in [4.69, 9.17) is 9.47 Å². The minimum atomic E-state index is -0.241. The molecule has 0 saturated heterocycles.